The van der Waals surface area contributed by atoms with E-state index in [9.17, 15) is 0 Å². The second kappa shape index (κ2) is 4.84. The molecule has 88 valence electrons. The summed E-state index contributed by atoms with van der Waals surface area (Å²) in [6, 6.07) is 5.30. The van der Waals surface area contributed by atoms with Crippen LogP contribution in [0.2, 0.25) is 5.15 Å². The highest BCUT2D eigenvalue weighted by Crippen LogP contribution is 2.18. The number of nitrogens with one attached hydrogen (secondary N) is 2. The normalized spacial score (nSPS) is 10.0. The molecule has 0 fully saturated rings. The van der Waals surface area contributed by atoms with E-state index in [-0.39, 0.29) is 5.95 Å². The quantitative estimate of drug-likeness (QED) is 0.721. The van der Waals surface area contributed by atoms with Crippen LogP contribution in [0, 0.1) is 0 Å². The minimum absolute atomic E-state index is 0.125. The van der Waals surface area contributed by atoms with Crippen LogP contribution in [0.4, 0.5) is 23.3 Å². The first kappa shape index (κ1) is 11.4. The number of nitrogen functional groups attached to an aromatic ring is 1. The molecule has 4 N–H and O–H groups in total. The van der Waals surface area contributed by atoms with Gasteiger partial charge < -0.3 is 16.4 Å². The van der Waals surface area contributed by atoms with Gasteiger partial charge in [0.2, 0.25) is 5.95 Å². The van der Waals surface area contributed by atoms with E-state index in [1.165, 1.54) is 0 Å². The maximum absolute atomic E-state index is 5.77. The van der Waals surface area contributed by atoms with Gasteiger partial charge in [0.1, 0.15) is 16.8 Å². The lowest BCUT2D eigenvalue weighted by Gasteiger charge is -2.06. The molecule has 0 saturated carbocycles. The van der Waals surface area contributed by atoms with Crippen LogP contribution in [0.15, 0.2) is 24.4 Å². The average molecular weight is 251 g/mol. The number of nitrogens with two attached hydrogens (primary N) is 1. The van der Waals surface area contributed by atoms with Crippen LogP contribution in [0.5, 0.6) is 0 Å². The third-order valence-corrected chi connectivity index (χ3v) is 2.20. The predicted octanol–water partition coefficient (Wildman–Crippen LogP) is 1.89. The molecule has 2 rings (SSSR count). The molecule has 0 spiro atoms. The fourth-order valence-corrected chi connectivity index (χ4v) is 1.45. The van der Waals surface area contributed by atoms with Gasteiger partial charge in [-0.2, -0.15) is 4.98 Å². The summed E-state index contributed by atoms with van der Waals surface area (Å²) < 4.78 is 0. The van der Waals surface area contributed by atoms with Crippen LogP contribution in [0.1, 0.15) is 0 Å². The zero-order valence-corrected chi connectivity index (χ0v) is 9.86. The maximum Gasteiger partial charge on any atom is 0.223 e. The summed E-state index contributed by atoms with van der Waals surface area (Å²) in [5.74, 6) is 1.44. The molecule has 0 unspecified atom stereocenters. The van der Waals surface area contributed by atoms with E-state index in [1.54, 1.807) is 19.3 Å². The molecule has 2 aromatic heterocycles. The minimum atomic E-state index is 0.125. The van der Waals surface area contributed by atoms with Crippen LogP contribution in [-0.2, 0) is 0 Å². The molecule has 0 atom stereocenters. The number of aromatic nitrogens is 3. The van der Waals surface area contributed by atoms with Gasteiger partial charge in [-0.3, -0.25) is 0 Å². The van der Waals surface area contributed by atoms with Gasteiger partial charge >= 0.3 is 0 Å². The van der Waals surface area contributed by atoms with Crippen LogP contribution in [-0.4, -0.2) is 22.0 Å². The molecule has 0 aliphatic heterocycles. The summed E-state index contributed by atoms with van der Waals surface area (Å²) >= 11 is 5.77. The van der Waals surface area contributed by atoms with Crippen molar-refractivity contribution < 1.29 is 0 Å². The molecular formula is C10H11ClN6. The standard InChI is InChI=1S/C10H11ClN6/c1-13-8-3-2-6(5-14-8)15-9-4-7(11)16-10(12)17-9/h2-5H,1H3,(H,13,14)(H3,12,15,16,17). The summed E-state index contributed by atoms with van der Waals surface area (Å²) in [4.78, 5) is 11.9. The number of anilines is 4. The minimum Gasteiger partial charge on any atom is -0.373 e. The molecule has 6 nitrogen and oxygen atoms in total. The molecular weight excluding hydrogens is 240 g/mol. The Balaban J connectivity index is 2.19. The molecule has 0 aliphatic rings. The molecule has 0 radical (unpaired) electrons. The van der Waals surface area contributed by atoms with Crippen LogP contribution in [0.3, 0.4) is 0 Å². The van der Waals surface area contributed by atoms with Crippen LogP contribution < -0.4 is 16.4 Å². The number of nitrogens with zero attached hydrogens (tertiary/aromatic N) is 3. The highest BCUT2D eigenvalue weighted by Gasteiger charge is 2.01. The first-order valence-electron chi connectivity index (χ1n) is 4.88. The first-order valence-corrected chi connectivity index (χ1v) is 5.26. The molecule has 2 aromatic rings. The van der Waals surface area contributed by atoms with Gasteiger partial charge in [-0.25, -0.2) is 9.97 Å². The lowest BCUT2D eigenvalue weighted by atomic mass is 10.4. The molecule has 2 heterocycles. The largest absolute Gasteiger partial charge is 0.373 e. The number of halogens is 1. The lowest BCUT2D eigenvalue weighted by Crippen LogP contribution is -2.00. The van der Waals surface area contributed by atoms with E-state index < -0.39 is 0 Å². The van der Waals surface area contributed by atoms with Crippen molar-refractivity contribution in [2.45, 2.75) is 0 Å². The number of rotatable bonds is 3. The van der Waals surface area contributed by atoms with E-state index >= 15 is 0 Å². The highest BCUT2D eigenvalue weighted by molar-refractivity contribution is 6.29. The van der Waals surface area contributed by atoms with E-state index in [4.69, 9.17) is 17.3 Å². The third-order valence-electron chi connectivity index (χ3n) is 2.00. The number of hydrogen-bond donors (Lipinski definition) is 3. The van der Waals surface area contributed by atoms with Gasteiger partial charge in [0.25, 0.3) is 0 Å². The summed E-state index contributed by atoms with van der Waals surface area (Å²) in [5, 5.41) is 6.25. The highest BCUT2D eigenvalue weighted by atomic mass is 35.5. The molecule has 17 heavy (non-hydrogen) atoms. The third kappa shape index (κ3) is 2.94. The Morgan fingerprint density at radius 1 is 1.24 bits per heavy atom. The first-order chi connectivity index (χ1) is 8.17. The van der Waals surface area contributed by atoms with Gasteiger partial charge in [0.15, 0.2) is 0 Å². The maximum atomic E-state index is 5.77. The van der Waals surface area contributed by atoms with Crippen molar-refractivity contribution in [2.24, 2.45) is 0 Å². The number of pyridine rings is 1. The van der Waals surface area contributed by atoms with Gasteiger partial charge in [-0.05, 0) is 12.1 Å². The zero-order chi connectivity index (χ0) is 12.3. The average Bonchev–Trinajstić information content (AvgIpc) is 2.28. The van der Waals surface area contributed by atoms with Crippen LogP contribution in [0.25, 0.3) is 0 Å². The van der Waals surface area contributed by atoms with Crippen molar-refractivity contribution in [3.8, 4) is 0 Å². The monoisotopic (exact) mass is 250 g/mol. The van der Waals surface area contributed by atoms with E-state index in [2.05, 4.69) is 25.6 Å². The summed E-state index contributed by atoms with van der Waals surface area (Å²) in [6.45, 7) is 0. The lowest BCUT2D eigenvalue weighted by molar-refractivity contribution is 1.18. The second-order valence-electron chi connectivity index (χ2n) is 3.24. The Hall–Kier alpha value is -2.08. The Labute approximate surface area is 103 Å². The van der Waals surface area contributed by atoms with Crippen molar-refractivity contribution in [3.63, 3.8) is 0 Å². The SMILES string of the molecule is CNc1ccc(Nc2cc(Cl)nc(N)n2)cn1. The smallest absolute Gasteiger partial charge is 0.223 e. The van der Waals surface area contributed by atoms with Gasteiger partial charge in [0.05, 0.1) is 11.9 Å². The van der Waals surface area contributed by atoms with Crippen molar-refractivity contribution in [3.05, 3.63) is 29.5 Å². The van der Waals surface area contributed by atoms with Gasteiger partial charge in [0, 0.05) is 13.1 Å². The predicted molar refractivity (Wildman–Crippen MR) is 68.5 cm³/mol. The molecule has 0 bridgehead atoms. The van der Waals surface area contributed by atoms with Gasteiger partial charge in [-0.1, -0.05) is 11.6 Å². The van der Waals surface area contributed by atoms with E-state index in [1.807, 2.05) is 12.1 Å². The van der Waals surface area contributed by atoms with Crippen molar-refractivity contribution in [1.29, 1.82) is 0 Å². The summed E-state index contributed by atoms with van der Waals surface area (Å²) in [5.41, 5.74) is 6.28. The topological polar surface area (TPSA) is 88.8 Å². The summed E-state index contributed by atoms with van der Waals surface area (Å²) in [7, 11) is 1.81. The Morgan fingerprint density at radius 2 is 2.06 bits per heavy atom. The molecule has 7 heteroatoms. The van der Waals surface area contributed by atoms with E-state index in [0.717, 1.165) is 11.5 Å². The molecule has 0 amide bonds. The second-order valence-corrected chi connectivity index (χ2v) is 3.63. The Bertz CT molecular complexity index is 492. The Kier molecular flexibility index (Phi) is 3.24. The molecule has 0 saturated heterocycles. The Morgan fingerprint density at radius 3 is 2.65 bits per heavy atom. The number of hydrogen-bond acceptors (Lipinski definition) is 6. The molecule has 0 aliphatic carbocycles. The fraction of sp³-hybridized carbons (Fsp3) is 0.100. The van der Waals surface area contributed by atoms with Crippen molar-refractivity contribution in [2.75, 3.05) is 23.4 Å². The fourth-order valence-electron chi connectivity index (χ4n) is 1.26. The van der Waals surface area contributed by atoms with Crippen molar-refractivity contribution in [1.82, 2.24) is 15.0 Å². The van der Waals surface area contributed by atoms with Crippen molar-refractivity contribution >= 4 is 34.9 Å². The van der Waals surface area contributed by atoms with E-state index in [0.29, 0.717) is 11.0 Å². The summed E-state index contributed by atoms with van der Waals surface area (Å²) in [6.07, 6.45) is 1.68. The molecule has 0 aromatic carbocycles. The zero-order valence-electron chi connectivity index (χ0n) is 9.11. The van der Waals surface area contributed by atoms with Crippen LogP contribution >= 0.6 is 11.6 Å². The van der Waals surface area contributed by atoms with Gasteiger partial charge in [-0.15, -0.1) is 0 Å².